The normalized spacial score (nSPS) is 10.5. The molecule has 1 aromatic rings. The molecule has 0 saturated heterocycles. The SMILES string of the molecule is CNCC=Cc1ccccc1C(=O)NCC(=O)O. The Bertz CT molecular complexity index is 455. The third-order valence-electron chi connectivity index (χ3n) is 2.22. The van der Waals surface area contributed by atoms with Crippen molar-refractivity contribution in [3.05, 3.63) is 41.5 Å². The first-order chi connectivity index (χ1) is 8.65. The molecule has 1 rings (SSSR count). The van der Waals surface area contributed by atoms with Crippen molar-refractivity contribution < 1.29 is 14.7 Å². The number of likely N-dealkylation sites (N-methyl/N-ethyl adjacent to an activating group) is 1. The second-order valence-corrected chi connectivity index (χ2v) is 3.62. The van der Waals surface area contributed by atoms with Gasteiger partial charge in [0.05, 0.1) is 0 Å². The van der Waals surface area contributed by atoms with Crippen LogP contribution in [0, 0.1) is 0 Å². The van der Waals surface area contributed by atoms with Crippen LogP contribution in [0.4, 0.5) is 0 Å². The minimum atomic E-state index is -1.06. The summed E-state index contributed by atoms with van der Waals surface area (Å²) in [5, 5.41) is 13.8. The number of benzene rings is 1. The van der Waals surface area contributed by atoms with Gasteiger partial charge in [0.15, 0.2) is 0 Å². The Balaban J connectivity index is 2.80. The van der Waals surface area contributed by atoms with E-state index in [4.69, 9.17) is 5.11 Å². The second-order valence-electron chi connectivity index (χ2n) is 3.62. The molecule has 0 aliphatic heterocycles. The lowest BCUT2D eigenvalue weighted by Crippen LogP contribution is -2.29. The highest BCUT2D eigenvalue weighted by atomic mass is 16.4. The van der Waals surface area contributed by atoms with Crippen molar-refractivity contribution in [3.63, 3.8) is 0 Å². The standard InChI is InChI=1S/C13H16N2O3/c1-14-8-4-6-10-5-2-3-7-11(10)13(18)15-9-12(16)17/h2-7,14H,8-9H2,1H3,(H,15,18)(H,16,17). The first-order valence-electron chi connectivity index (χ1n) is 5.55. The number of amides is 1. The number of carboxylic acids is 1. The molecule has 0 spiro atoms. The summed E-state index contributed by atoms with van der Waals surface area (Å²) in [5.41, 5.74) is 1.22. The topological polar surface area (TPSA) is 78.4 Å². The molecule has 96 valence electrons. The maximum atomic E-state index is 11.8. The molecule has 0 aromatic heterocycles. The summed E-state index contributed by atoms with van der Waals surface area (Å²) in [6, 6.07) is 7.04. The number of nitrogens with one attached hydrogen (secondary N) is 2. The van der Waals surface area contributed by atoms with Crippen molar-refractivity contribution in [1.82, 2.24) is 10.6 Å². The summed E-state index contributed by atoms with van der Waals surface area (Å²) in [5.74, 6) is -1.45. The Kier molecular flexibility index (Phi) is 5.60. The third kappa shape index (κ3) is 4.39. The van der Waals surface area contributed by atoms with Crippen molar-refractivity contribution in [3.8, 4) is 0 Å². The molecule has 0 unspecified atom stereocenters. The Hall–Kier alpha value is -2.14. The van der Waals surface area contributed by atoms with E-state index in [-0.39, 0.29) is 12.5 Å². The van der Waals surface area contributed by atoms with Crippen molar-refractivity contribution >= 4 is 18.0 Å². The molecule has 0 aliphatic rings. The van der Waals surface area contributed by atoms with E-state index < -0.39 is 5.97 Å². The molecular formula is C13H16N2O3. The fourth-order valence-electron chi connectivity index (χ4n) is 1.40. The van der Waals surface area contributed by atoms with Gasteiger partial charge in [0, 0.05) is 12.1 Å². The van der Waals surface area contributed by atoms with Crippen LogP contribution in [0.15, 0.2) is 30.3 Å². The Morgan fingerprint density at radius 3 is 2.72 bits per heavy atom. The van der Waals surface area contributed by atoms with E-state index >= 15 is 0 Å². The van der Waals surface area contributed by atoms with Crippen molar-refractivity contribution in [2.45, 2.75) is 0 Å². The van der Waals surface area contributed by atoms with Gasteiger partial charge in [-0.2, -0.15) is 0 Å². The molecule has 3 N–H and O–H groups in total. The van der Waals surface area contributed by atoms with E-state index in [1.807, 2.05) is 31.3 Å². The number of hydrogen-bond donors (Lipinski definition) is 3. The van der Waals surface area contributed by atoms with Crippen LogP contribution in [-0.2, 0) is 4.79 Å². The van der Waals surface area contributed by atoms with E-state index in [0.29, 0.717) is 12.1 Å². The van der Waals surface area contributed by atoms with E-state index in [9.17, 15) is 9.59 Å². The smallest absolute Gasteiger partial charge is 0.322 e. The highest BCUT2D eigenvalue weighted by Gasteiger charge is 2.09. The molecule has 5 nitrogen and oxygen atoms in total. The Morgan fingerprint density at radius 2 is 2.06 bits per heavy atom. The number of carbonyl (C=O) groups is 2. The minimum absolute atomic E-state index is 0.382. The van der Waals surface area contributed by atoms with Crippen LogP contribution in [0.2, 0.25) is 0 Å². The largest absolute Gasteiger partial charge is 0.480 e. The Morgan fingerprint density at radius 1 is 1.33 bits per heavy atom. The van der Waals surface area contributed by atoms with Gasteiger partial charge in [0.1, 0.15) is 6.54 Å². The monoisotopic (exact) mass is 248 g/mol. The van der Waals surface area contributed by atoms with Gasteiger partial charge in [0.2, 0.25) is 0 Å². The van der Waals surface area contributed by atoms with Crippen LogP contribution in [-0.4, -0.2) is 37.1 Å². The molecule has 0 radical (unpaired) electrons. The van der Waals surface area contributed by atoms with Crippen LogP contribution in [0.5, 0.6) is 0 Å². The first kappa shape index (κ1) is 13.9. The fourth-order valence-corrected chi connectivity index (χ4v) is 1.40. The lowest BCUT2D eigenvalue weighted by atomic mass is 10.1. The van der Waals surface area contributed by atoms with Crippen LogP contribution in [0.1, 0.15) is 15.9 Å². The molecular weight excluding hydrogens is 232 g/mol. The lowest BCUT2D eigenvalue weighted by Gasteiger charge is -2.05. The lowest BCUT2D eigenvalue weighted by molar-refractivity contribution is -0.135. The quantitative estimate of drug-likeness (QED) is 0.693. The van der Waals surface area contributed by atoms with Crippen LogP contribution >= 0.6 is 0 Å². The maximum Gasteiger partial charge on any atom is 0.322 e. The zero-order valence-corrected chi connectivity index (χ0v) is 10.1. The van der Waals surface area contributed by atoms with Gasteiger partial charge in [-0.3, -0.25) is 9.59 Å². The molecule has 0 heterocycles. The molecule has 0 fully saturated rings. The molecule has 5 heteroatoms. The summed E-state index contributed by atoms with van der Waals surface area (Å²) >= 11 is 0. The van der Waals surface area contributed by atoms with E-state index in [1.54, 1.807) is 12.1 Å². The number of carbonyl (C=O) groups excluding carboxylic acids is 1. The molecule has 1 aromatic carbocycles. The third-order valence-corrected chi connectivity index (χ3v) is 2.22. The molecule has 0 bridgehead atoms. The summed E-state index contributed by atoms with van der Waals surface area (Å²) in [7, 11) is 1.83. The highest BCUT2D eigenvalue weighted by molar-refractivity contribution is 5.98. The van der Waals surface area contributed by atoms with Gasteiger partial charge >= 0.3 is 5.97 Å². The van der Waals surface area contributed by atoms with Crippen molar-refractivity contribution in [1.29, 1.82) is 0 Å². The predicted octanol–water partition coefficient (Wildman–Crippen LogP) is 0.734. The minimum Gasteiger partial charge on any atom is -0.480 e. The molecule has 0 aliphatic carbocycles. The van der Waals surface area contributed by atoms with Gasteiger partial charge in [-0.1, -0.05) is 30.4 Å². The summed E-state index contributed by atoms with van der Waals surface area (Å²) in [6.45, 7) is 0.318. The van der Waals surface area contributed by atoms with Gasteiger partial charge in [-0.25, -0.2) is 0 Å². The van der Waals surface area contributed by atoms with Crippen molar-refractivity contribution in [2.75, 3.05) is 20.1 Å². The molecule has 18 heavy (non-hydrogen) atoms. The van der Waals surface area contributed by atoms with Crippen LogP contribution in [0.25, 0.3) is 6.08 Å². The van der Waals surface area contributed by atoms with Gasteiger partial charge in [0.25, 0.3) is 5.91 Å². The van der Waals surface area contributed by atoms with Crippen molar-refractivity contribution in [2.24, 2.45) is 0 Å². The maximum absolute atomic E-state index is 11.8. The second kappa shape index (κ2) is 7.24. The van der Waals surface area contributed by atoms with Gasteiger partial charge in [-0.15, -0.1) is 0 Å². The fraction of sp³-hybridized carbons (Fsp3) is 0.231. The molecule has 0 atom stereocenters. The Labute approximate surface area is 106 Å². The zero-order valence-electron chi connectivity index (χ0n) is 10.1. The zero-order chi connectivity index (χ0) is 13.4. The number of hydrogen-bond acceptors (Lipinski definition) is 3. The van der Waals surface area contributed by atoms with Crippen LogP contribution in [0.3, 0.4) is 0 Å². The number of rotatable bonds is 6. The van der Waals surface area contributed by atoms with E-state index in [0.717, 1.165) is 5.56 Å². The average molecular weight is 248 g/mol. The van der Waals surface area contributed by atoms with E-state index in [1.165, 1.54) is 0 Å². The predicted molar refractivity (Wildman–Crippen MR) is 69.4 cm³/mol. The first-order valence-corrected chi connectivity index (χ1v) is 5.55. The molecule has 0 saturated carbocycles. The number of aliphatic carboxylic acids is 1. The van der Waals surface area contributed by atoms with Crippen LogP contribution < -0.4 is 10.6 Å². The average Bonchev–Trinajstić information content (AvgIpc) is 2.37. The number of carboxylic acid groups (broad SMARTS) is 1. The van der Waals surface area contributed by atoms with E-state index in [2.05, 4.69) is 10.6 Å². The van der Waals surface area contributed by atoms with Gasteiger partial charge < -0.3 is 15.7 Å². The summed E-state index contributed by atoms with van der Waals surface area (Å²) in [6.07, 6.45) is 3.72. The summed E-state index contributed by atoms with van der Waals surface area (Å²) < 4.78 is 0. The summed E-state index contributed by atoms with van der Waals surface area (Å²) in [4.78, 5) is 22.2. The highest BCUT2D eigenvalue weighted by Crippen LogP contribution is 2.10. The van der Waals surface area contributed by atoms with Gasteiger partial charge in [-0.05, 0) is 18.7 Å². The molecule has 1 amide bonds.